The molecule has 14 nitrogen and oxygen atoms in total. The monoisotopic (exact) mass is 711 g/mol. The zero-order chi connectivity index (χ0) is 36.1. The first-order valence-electron chi connectivity index (χ1n) is 16.1. The van der Waals surface area contributed by atoms with Crippen LogP contribution in [0.15, 0.2) is 66.7 Å². The van der Waals surface area contributed by atoms with E-state index in [4.69, 9.17) is 21.6 Å². The van der Waals surface area contributed by atoms with Crippen molar-refractivity contribution in [1.29, 1.82) is 0 Å². The van der Waals surface area contributed by atoms with Crippen molar-refractivity contribution in [2.75, 3.05) is 46.2 Å². The van der Waals surface area contributed by atoms with E-state index in [9.17, 15) is 19.2 Å². The topological polar surface area (TPSA) is 160 Å². The predicted molar refractivity (Wildman–Crippen MR) is 189 cm³/mol. The molecule has 0 saturated carbocycles. The van der Waals surface area contributed by atoms with Crippen molar-refractivity contribution < 1.29 is 33.4 Å². The number of nitrogens with zero attached hydrogens (tertiary/aromatic N) is 5. The summed E-state index contributed by atoms with van der Waals surface area (Å²) in [5.74, 6) is 2.61. The van der Waals surface area contributed by atoms with E-state index in [1.807, 2.05) is 30.3 Å². The van der Waals surface area contributed by atoms with Crippen molar-refractivity contribution in [3.63, 3.8) is 0 Å². The fraction of sp³-hybridized carbons (Fsp3) is 0.306. The number of ether oxygens (including phenoxy) is 3. The van der Waals surface area contributed by atoms with Gasteiger partial charge in [-0.2, -0.15) is 5.01 Å². The Hall–Kier alpha value is -5.85. The highest BCUT2D eigenvalue weighted by Crippen LogP contribution is 2.32. The summed E-state index contributed by atoms with van der Waals surface area (Å²) in [6, 6.07) is 18.6. The lowest BCUT2D eigenvalue weighted by Gasteiger charge is -2.46. The number of piperazine rings is 1. The lowest BCUT2D eigenvalue weighted by molar-refractivity contribution is -0.157. The smallest absolute Gasteiger partial charge is 0.343 e. The van der Waals surface area contributed by atoms with Crippen LogP contribution in [0.25, 0.3) is 10.2 Å². The molecule has 2 aliphatic heterocycles. The van der Waals surface area contributed by atoms with Crippen LogP contribution in [-0.2, 0) is 38.6 Å². The third kappa shape index (κ3) is 7.67. The number of carbonyl (C=O) groups is 4. The number of benzene rings is 3. The summed E-state index contributed by atoms with van der Waals surface area (Å²) in [7, 11) is 2.86. The first kappa shape index (κ1) is 35.0. The van der Waals surface area contributed by atoms with Crippen molar-refractivity contribution in [3.8, 4) is 23.8 Å². The van der Waals surface area contributed by atoms with Crippen LogP contribution in [-0.4, -0.2) is 101 Å². The van der Waals surface area contributed by atoms with Crippen LogP contribution in [0.3, 0.4) is 0 Å². The molecule has 3 heterocycles. The SMILES string of the molecule is C#CCN(C(=O)NCc1ccc(OC)cc1)N1CC(=O)N2[C@@H](Cc3ccc(OCC(=O)OC)cc3)C(=O)N(Cc3cccc4sc(N)nc34)C[C@@H]21. The zero-order valence-electron chi connectivity index (χ0n) is 28.1. The van der Waals surface area contributed by atoms with E-state index < -0.39 is 24.2 Å². The van der Waals surface area contributed by atoms with Crippen LogP contribution in [0.5, 0.6) is 11.5 Å². The van der Waals surface area contributed by atoms with Crippen LogP contribution in [0.2, 0.25) is 0 Å². The Labute approximate surface area is 298 Å². The third-order valence-corrected chi connectivity index (χ3v) is 9.62. The second-order valence-electron chi connectivity index (χ2n) is 11.9. The fourth-order valence-electron chi connectivity index (χ4n) is 6.27. The normalized spacial score (nSPS) is 17.2. The second kappa shape index (κ2) is 15.4. The molecule has 0 aliphatic carbocycles. The van der Waals surface area contributed by atoms with Gasteiger partial charge in [-0.05, 0) is 47.0 Å². The van der Waals surface area contributed by atoms with Gasteiger partial charge in [-0.15, -0.1) is 6.42 Å². The van der Waals surface area contributed by atoms with E-state index in [1.54, 1.807) is 58.3 Å². The van der Waals surface area contributed by atoms with Gasteiger partial charge in [0.25, 0.3) is 0 Å². The van der Waals surface area contributed by atoms with Gasteiger partial charge in [0, 0.05) is 19.5 Å². The molecule has 6 rings (SSSR count). The number of rotatable bonds is 12. The molecule has 2 saturated heterocycles. The van der Waals surface area contributed by atoms with Crippen LogP contribution in [0.4, 0.5) is 9.93 Å². The number of nitrogens with one attached hydrogen (secondary N) is 1. The molecule has 3 aromatic carbocycles. The Morgan fingerprint density at radius 1 is 1.06 bits per heavy atom. The molecule has 4 aromatic rings. The van der Waals surface area contributed by atoms with Crippen molar-refractivity contribution in [2.24, 2.45) is 0 Å². The van der Waals surface area contributed by atoms with E-state index in [0.717, 1.165) is 21.4 Å². The Morgan fingerprint density at radius 2 is 1.78 bits per heavy atom. The fourth-order valence-corrected chi connectivity index (χ4v) is 7.05. The minimum Gasteiger partial charge on any atom is -0.497 e. The number of hydrogen-bond donors (Lipinski definition) is 2. The number of amides is 4. The maximum absolute atomic E-state index is 14.3. The number of hydrazine groups is 1. The predicted octanol–water partition coefficient (Wildman–Crippen LogP) is 2.62. The molecular formula is C36H37N7O7S. The van der Waals surface area contributed by atoms with Gasteiger partial charge in [0.15, 0.2) is 11.7 Å². The minimum absolute atomic E-state index is 0.102. The zero-order valence-corrected chi connectivity index (χ0v) is 28.9. The van der Waals surface area contributed by atoms with Crippen LogP contribution in [0.1, 0.15) is 16.7 Å². The number of fused-ring (bicyclic) bond motifs is 2. The number of nitrogens with two attached hydrogens (primary N) is 1. The molecule has 0 radical (unpaired) electrons. The number of thiazole rings is 1. The van der Waals surface area contributed by atoms with Gasteiger partial charge in [0.05, 0.1) is 44.1 Å². The summed E-state index contributed by atoms with van der Waals surface area (Å²) in [5, 5.41) is 6.32. The lowest BCUT2D eigenvalue weighted by atomic mass is 9.99. The van der Waals surface area contributed by atoms with E-state index in [0.29, 0.717) is 22.1 Å². The number of aromatic nitrogens is 1. The molecule has 0 unspecified atom stereocenters. The van der Waals surface area contributed by atoms with Gasteiger partial charge in [-0.3, -0.25) is 9.59 Å². The van der Waals surface area contributed by atoms with Crippen molar-refractivity contribution in [2.45, 2.75) is 31.7 Å². The van der Waals surface area contributed by atoms with Crippen molar-refractivity contribution >= 4 is 50.5 Å². The first-order chi connectivity index (χ1) is 24.7. The summed E-state index contributed by atoms with van der Waals surface area (Å²) in [6.07, 6.45) is 5.24. The Morgan fingerprint density at radius 3 is 2.49 bits per heavy atom. The van der Waals surface area contributed by atoms with Gasteiger partial charge < -0.3 is 35.1 Å². The van der Waals surface area contributed by atoms with Gasteiger partial charge in [0.1, 0.15) is 23.7 Å². The van der Waals surface area contributed by atoms with Crippen molar-refractivity contribution in [3.05, 3.63) is 83.4 Å². The van der Waals surface area contributed by atoms with E-state index in [-0.39, 0.29) is 57.6 Å². The van der Waals surface area contributed by atoms with E-state index in [1.165, 1.54) is 23.5 Å². The largest absolute Gasteiger partial charge is 0.497 e. The minimum atomic E-state index is -0.891. The average molecular weight is 712 g/mol. The molecule has 2 atom stereocenters. The number of nitrogen functional groups attached to an aromatic ring is 1. The molecule has 1 aromatic heterocycles. The quantitative estimate of drug-likeness (QED) is 0.165. The van der Waals surface area contributed by atoms with Gasteiger partial charge in [-0.1, -0.05) is 53.7 Å². The summed E-state index contributed by atoms with van der Waals surface area (Å²) in [5.41, 5.74) is 9.15. The van der Waals surface area contributed by atoms with Crippen molar-refractivity contribution in [1.82, 2.24) is 30.1 Å². The number of terminal acetylenes is 1. The second-order valence-corrected chi connectivity index (χ2v) is 13.0. The number of urea groups is 1. The van der Waals surface area contributed by atoms with Crippen LogP contribution < -0.4 is 20.5 Å². The summed E-state index contributed by atoms with van der Waals surface area (Å²) < 4.78 is 16.2. The highest BCUT2D eigenvalue weighted by Gasteiger charge is 2.52. The molecular weight excluding hydrogens is 675 g/mol. The molecule has 0 spiro atoms. The summed E-state index contributed by atoms with van der Waals surface area (Å²) >= 11 is 1.36. The highest BCUT2D eigenvalue weighted by molar-refractivity contribution is 7.22. The number of anilines is 1. The lowest BCUT2D eigenvalue weighted by Crippen LogP contribution is -2.66. The molecule has 15 heteroatoms. The number of carbonyl (C=O) groups excluding carboxylic acids is 4. The molecule has 2 fully saturated rings. The molecule has 51 heavy (non-hydrogen) atoms. The number of esters is 1. The number of methoxy groups -OCH3 is 2. The van der Waals surface area contributed by atoms with Crippen LogP contribution >= 0.6 is 11.3 Å². The summed E-state index contributed by atoms with van der Waals surface area (Å²) in [4.78, 5) is 61.1. The molecule has 0 bridgehead atoms. The van der Waals surface area contributed by atoms with E-state index >= 15 is 0 Å². The third-order valence-electron chi connectivity index (χ3n) is 8.77. The van der Waals surface area contributed by atoms with Gasteiger partial charge >= 0.3 is 12.0 Å². The van der Waals surface area contributed by atoms with E-state index in [2.05, 4.69) is 21.0 Å². The Balaban J connectivity index is 1.28. The Bertz CT molecular complexity index is 1960. The molecule has 264 valence electrons. The molecule has 2 aliphatic rings. The standard InChI is InChI=1S/C36H37N7O7S/c1-4-16-41(36(47)38-18-24-10-12-26(48-2)13-11-24)42-21-31(44)43-28(17-23-8-14-27(15-9-23)50-22-32(45)49-3)34(46)40(20-30(42)43)19-25-6-5-7-29-33(25)39-35(37)51-29/h1,5-15,28,30H,16-22H2,2-3H3,(H2,37,39)(H,38,47)/t28-,30+/m0/s1. The van der Waals surface area contributed by atoms with Gasteiger partial charge in [0.2, 0.25) is 11.8 Å². The molecule has 4 amide bonds. The van der Waals surface area contributed by atoms with Gasteiger partial charge in [-0.25, -0.2) is 19.6 Å². The number of para-hydroxylation sites is 1. The number of hydrogen-bond acceptors (Lipinski definition) is 11. The maximum atomic E-state index is 14.3. The average Bonchev–Trinajstić information content (AvgIpc) is 3.69. The maximum Gasteiger partial charge on any atom is 0.343 e. The molecule has 3 N–H and O–H groups in total. The first-order valence-corrected chi connectivity index (χ1v) is 16.9. The Kier molecular flexibility index (Phi) is 10.5. The van der Waals surface area contributed by atoms with Crippen LogP contribution in [0, 0.1) is 12.3 Å². The highest BCUT2D eigenvalue weighted by atomic mass is 32.1. The summed E-state index contributed by atoms with van der Waals surface area (Å²) in [6.45, 7) is 0.0391.